The second kappa shape index (κ2) is 11.1. The molecule has 2 aliphatic rings. The molecule has 0 spiro atoms. The lowest BCUT2D eigenvalue weighted by Gasteiger charge is -2.42. The summed E-state index contributed by atoms with van der Waals surface area (Å²) >= 11 is 0. The quantitative estimate of drug-likeness (QED) is 0.465. The number of unbranched alkanes of at least 4 members (excludes halogenated alkanes) is 1. The Morgan fingerprint density at radius 2 is 1.36 bits per heavy atom. The summed E-state index contributed by atoms with van der Waals surface area (Å²) in [5, 5.41) is 0.769. The average Bonchev–Trinajstić information content (AvgIpc) is 2.75. The highest BCUT2D eigenvalue weighted by molar-refractivity contribution is 7.40. The first-order valence-electron chi connectivity index (χ1n) is 10.6. The minimum Gasteiger partial charge on any atom is -0.115 e. The van der Waals surface area contributed by atoms with Gasteiger partial charge in [0.05, 0.1) is 0 Å². The number of hydrogen-bond donors (Lipinski definition) is 0. The molecule has 1 aliphatic heterocycles. The van der Waals surface area contributed by atoms with Crippen LogP contribution in [0.2, 0.25) is 0 Å². The van der Waals surface area contributed by atoms with E-state index in [9.17, 15) is 0 Å². The summed E-state index contributed by atoms with van der Waals surface area (Å²) in [5.41, 5.74) is 0. The van der Waals surface area contributed by atoms with Crippen molar-refractivity contribution in [2.75, 3.05) is 6.16 Å². The van der Waals surface area contributed by atoms with E-state index in [1.165, 1.54) is 92.1 Å². The Bertz CT molecular complexity index is 253. The van der Waals surface area contributed by atoms with Crippen molar-refractivity contribution in [3.63, 3.8) is 0 Å². The smallest absolute Gasteiger partial charge is 0.00937 e. The molecule has 2 fully saturated rings. The Hall–Kier alpha value is 0.430. The van der Waals surface area contributed by atoms with Crippen LogP contribution < -0.4 is 0 Å². The first-order chi connectivity index (χ1) is 10.9. The molecular weight excluding hydrogens is 283 g/mol. The maximum absolute atomic E-state index is 2.40. The van der Waals surface area contributed by atoms with Crippen molar-refractivity contribution >= 4 is 8.58 Å². The Morgan fingerprint density at radius 1 is 0.773 bits per heavy atom. The molecule has 2 rings (SSSR count). The predicted molar refractivity (Wildman–Crippen MR) is 104 cm³/mol. The molecule has 1 heteroatoms. The summed E-state index contributed by atoms with van der Waals surface area (Å²) in [4.78, 5) is 0. The molecule has 2 atom stereocenters. The summed E-state index contributed by atoms with van der Waals surface area (Å²) < 4.78 is 0. The fourth-order valence-electron chi connectivity index (χ4n) is 4.97. The Kier molecular flexibility index (Phi) is 9.44. The lowest BCUT2D eigenvalue weighted by Crippen LogP contribution is -2.34. The van der Waals surface area contributed by atoms with Gasteiger partial charge in [0.2, 0.25) is 0 Å². The third-order valence-electron chi connectivity index (χ3n) is 6.39. The van der Waals surface area contributed by atoms with Gasteiger partial charge in [-0.25, -0.2) is 0 Å². The van der Waals surface area contributed by atoms with Crippen LogP contribution in [0.1, 0.15) is 116 Å². The minimum absolute atomic E-state index is 0.769. The van der Waals surface area contributed by atoms with Gasteiger partial charge in [-0.1, -0.05) is 84.0 Å². The van der Waals surface area contributed by atoms with Gasteiger partial charge in [0.15, 0.2) is 0 Å². The zero-order valence-corrected chi connectivity index (χ0v) is 16.3. The molecule has 1 saturated heterocycles. The van der Waals surface area contributed by atoms with Crippen molar-refractivity contribution < 1.29 is 0 Å². The maximum atomic E-state index is 2.40. The summed E-state index contributed by atoms with van der Waals surface area (Å²) in [6.07, 6.45) is 27.4. The van der Waals surface area contributed by atoms with E-state index in [0.717, 1.165) is 11.1 Å². The van der Waals surface area contributed by atoms with Crippen molar-refractivity contribution in [1.29, 1.82) is 0 Å². The third kappa shape index (κ3) is 6.14. The summed E-state index contributed by atoms with van der Waals surface area (Å²) in [6.45, 7) is 2.40. The normalized spacial score (nSPS) is 31.5. The highest BCUT2D eigenvalue weighted by Gasteiger charge is 2.36. The molecule has 130 valence electrons. The van der Waals surface area contributed by atoms with Crippen molar-refractivity contribution in [2.24, 2.45) is 5.92 Å². The van der Waals surface area contributed by atoms with Gasteiger partial charge in [0.25, 0.3) is 0 Å². The monoisotopic (exact) mass is 324 g/mol. The second-order valence-electron chi connectivity index (χ2n) is 8.10. The zero-order chi connectivity index (χ0) is 15.5. The van der Waals surface area contributed by atoms with Crippen molar-refractivity contribution in [3.8, 4) is 0 Å². The number of rotatable bonds is 4. The molecule has 1 saturated carbocycles. The summed E-state index contributed by atoms with van der Waals surface area (Å²) in [5.74, 6) is 1.08. The van der Waals surface area contributed by atoms with E-state index in [0.29, 0.717) is 0 Å². The molecule has 0 aromatic carbocycles. The van der Waals surface area contributed by atoms with Crippen LogP contribution in [-0.4, -0.2) is 11.3 Å². The second-order valence-corrected chi connectivity index (χ2v) is 9.95. The zero-order valence-electron chi connectivity index (χ0n) is 15.3. The molecule has 22 heavy (non-hydrogen) atoms. The number of hydrogen-bond acceptors (Lipinski definition) is 0. The van der Waals surface area contributed by atoms with E-state index in [4.69, 9.17) is 0 Å². The molecule has 1 heterocycles. The first-order valence-corrected chi connectivity index (χ1v) is 11.8. The van der Waals surface area contributed by atoms with Gasteiger partial charge in [-0.15, -0.1) is 8.58 Å². The first kappa shape index (κ1) is 18.8. The van der Waals surface area contributed by atoms with Crippen LogP contribution in [0.15, 0.2) is 0 Å². The average molecular weight is 325 g/mol. The summed E-state index contributed by atoms with van der Waals surface area (Å²) in [6, 6.07) is 0. The van der Waals surface area contributed by atoms with Gasteiger partial charge < -0.3 is 0 Å². The maximum Gasteiger partial charge on any atom is -0.00937 e. The lowest BCUT2D eigenvalue weighted by molar-refractivity contribution is 0.276. The van der Waals surface area contributed by atoms with E-state index in [-0.39, 0.29) is 0 Å². The van der Waals surface area contributed by atoms with E-state index in [1.54, 1.807) is 31.8 Å². The molecule has 0 amide bonds. The molecule has 0 nitrogen and oxygen atoms in total. The molecule has 0 bridgehead atoms. The molecule has 1 aliphatic carbocycles. The SMILES string of the molecule is CCCCC1(C2CCCCCCCC2)CCCCCCCP1. The topological polar surface area (TPSA) is 0 Å². The molecular formula is C21H41P. The summed E-state index contributed by atoms with van der Waals surface area (Å²) in [7, 11) is 1.28. The van der Waals surface area contributed by atoms with Crippen LogP contribution in [0, 0.1) is 5.92 Å². The van der Waals surface area contributed by atoms with Gasteiger partial charge >= 0.3 is 0 Å². The van der Waals surface area contributed by atoms with Crippen molar-refractivity contribution in [1.82, 2.24) is 0 Å². The predicted octanol–water partition coefficient (Wildman–Crippen LogP) is 7.70. The van der Waals surface area contributed by atoms with Gasteiger partial charge in [0, 0.05) is 0 Å². The van der Waals surface area contributed by atoms with Crippen LogP contribution in [0.25, 0.3) is 0 Å². The van der Waals surface area contributed by atoms with Gasteiger partial charge in [-0.2, -0.15) is 0 Å². The van der Waals surface area contributed by atoms with Crippen LogP contribution in [0.4, 0.5) is 0 Å². The fourth-order valence-corrected chi connectivity index (χ4v) is 7.17. The Morgan fingerprint density at radius 3 is 2.05 bits per heavy atom. The Labute approximate surface area is 142 Å². The molecule has 0 radical (unpaired) electrons. The van der Waals surface area contributed by atoms with E-state index in [1.807, 2.05) is 0 Å². The molecule has 2 unspecified atom stereocenters. The lowest BCUT2D eigenvalue weighted by atomic mass is 9.77. The minimum atomic E-state index is 0.769. The van der Waals surface area contributed by atoms with Crippen molar-refractivity contribution in [2.45, 2.75) is 121 Å². The van der Waals surface area contributed by atoms with Crippen LogP contribution >= 0.6 is 8.58 Å². The van der Waals surface area contributed by atoms with Crippen molar-refractivity contribution in [3.05, 3.63) is 0 Å². The standard InChI is InChI=1S/C21H41P/c1-2-3-17-21(18-13-9-6-10-14-19-22-21)20-15-11-7-4-5-8-12-16-20/h20,22H,2-19H2,1H3. The van der Waals surface area contributed by atoms with Crippen LogP contribution in [-0.2, 0) is 0 Å². The third-order valence-corrected chi connectivity index (χ3v) is 8.61. The molecule has 0 aromatic heterocycles. The molecule has 0 N–H and O–H groups in total. The fraction of sp³-hybridized carbons (Fsp3) is 1.00. The van der Waals surface area contributed by atoms with Gasteiger partial charge in [-0.3, -0.25) is 0 Å². The van der Waals surface area contributed by atoms with Gasteiger partial charge in [-0.05, 0) is 49.3 Å². The highest BCUT2D eigenvalue weighted by Crippen LogP contribution is 2.51. The van der Waals surface area contributed by atoms with E-state index < -0.39 is 0 Å². The van der Waals surface area contributed by atoms with E-state index in [2.05, 4.69) is 6.92 Å². The van der Waals surface area contributed by atoms with Crippen LogP contribution in [0.5, 0.6) is 0 Å². The van der Waals surface area contributed by atoms with E-state index >= 15 is 0 Å². The highest BCUT2D eigenvalue weighted by atomic mass is 31.1. The Balaban J connectivity index is 2.07. The molecule has 0 aromatic rings. The van der Waals surface area contributed by atoms with Crippen LogP contribution in [0.3, 0.4) is 0 Å². The largest absolute Gasteiger partial charge is 0.115 e. The van der Waals surface area contributed by atoms with Gasteiger partial charge in [0.1, 0.15) is 0 Å².